The van der Waals surface area contributed by atoms with Gasteiger partial charge in [0.2, 0.25) is 0 Å². The fourth-order valence-corrected chi connectivity index (χ4v) is 4.99. The van der Waals surface area contributed by atoms with Crippen molar-refractivity contribution in [3.8, 4) is 5.75 Å². The maximum Gasteiger partial charge on any atom is 0.135 e. The summed E-state index contributed by atoms with van der Waals surface area (Å²) in [4.78, 5) is 0. The Hall–Kier alpha value is -0.700. The van der Waals surface area contributed by atoms with Crippen molar-refractivity contribution < 1.29 is 4.74 Å². The van der Waals surface area contributed by atoms with Crippen molar-refractivity contribution in [2.45, 2.75) is 46.1 Å². The highest BCUT2D eigenvalue weighted by Crippen LogP contribution is 2.63. The van der Waals surface area contributed by atoms with Crippen molar-refractivity contribution in [1.82, 2.24) is 0 Å². The first-order valence-electron chi connectivity index (χ1n) is 7.47. The van der Waals surface area contributed by atoms with Gasteiger partial charge >= 0.3 is 0 Å². The number of rotatable bonds is 3. The van der Waals surface area contributed by atoms with E-state index in [0.29, 0.717) is 16.9 Å². The van der Waals surface area contributed by atoms with E-state index in [1.165, 1.54) is 19.3 Å². The average molecular weight is 338 g/mol. The summed E-state index contributed by atoms with van der Waals surface area (Å²) in [6.07, 6.45) is 4.11. The molecule has 2 bridgehead atoms. The molecule has 110 valence electrons. The zero-order chi connectivity index (χ0) is 14.5. The zero-order valence-electron chi connectivity index (χ0n) is 12.8. The van der Waals surface area contributed by atoms with Crippen molar-refractivity contribution in [2.75, 3.05) is 12.4 Å². The molecular formula is C17H24BrNO. The van der Waals surface area contributed by atoms with Crippen LogP contribution in [0.5, 0.6) is 5.75 Å². The van der Waals surface area contributed by atoms with E-state index in [1.54, 1.807) is 7.11 Å². The van der Waals surface area contributed by atoms with Gasteiger partial charge in [-0.1, -0.05) is 20.8 Å². The van der Waals surface area contributed by atoms with Crippen LogP contribution < -0.4 is 10.1 Å². The van der Waals surface area contributed by atoms with Crippen LogP contribution in [0.4, 0.5) is 5.69 Å². The van der Waals surface area contributed by atoms with Crippen LogP contribution >= 0.6 is 15.9 Å². The van der Waals surface area contributed by atoms with Crippen molar-refractivity contribution in [3.63, 3.8) is 0 Å². The normalized spacial score (nSPS) is 34.2. The van der Waals surface area contributed by atoms with Gasteiger partial charge < -0.3 is 10.1 Å². The molecule has 2 saturated carbocycles. The summed E-state index contributed by atoms with van der Waals surface area (Å²) in [6.45, 7) is 7.31. The Labute approximate surface area is 130 Å². The topological polar surface area (TPSA) is 21.3 Å². The molecule has 2 nitrogen and oxygen atoms in total. The predicted octanol–water partition coefficient (Wildman–Crippen LogP) is 5.08. The third-order valence-electron chi connectivity index (χ3n) is 5.73. The number of nitrogens with one attached hydrogen (secondary N) is 1. The molecule has 20 heavy (non-hydrogen) atoms. The highest BCUT2D eigenvalue weighted by Gasteiger charge is 2.59. The lowest BCUT2D eigenvalue weighted by molar-refractivity contribution is 0.155. The lowest BCUT2D eigenvalue weighted by Gasteiger charge is -2.43. The Morgan fingerprint density at radius 2 is 2.05 bits per heavy atom. The number of ether oxygens (including phenoxy) is 1. The van der Waals surface area contributed by atoms with Crippen LogP contribution in [0, 0.1) is 16.7 Å². The summed E-state index contributed by atoms with van der Waals surface area (Å²) in [5, 5.41) is 3.80. The van der Waals surface area contributed by atoms with Crippen LogP contribution in [0.25, 0.3) is 0 Å². The number of benzene rings is 1. The molecule has 0 aromatic heterocycles. The molecule has 1 aromatic rings. The van der Waals surface area contributed by atoms with Gasteiger partial charge in [0.05, 0.1) is 11.6 Å². The van der Waals surface area contributed by atoms with Crippen molar-refractivity contribution in [2.24, 2.45) is 16.7 Å². The van der Waals surface area contributed by atoms with Gasteiger partial charge in [-0.2, -0.15) is 0 Å². The summed E-state index contributed by atoms with van der Waals surface area (Å²) in [7, 11) is 1.71. The molecule has 0 amide bonds. The second-order valence-electron chi connectivity index (χ2n) is 7.34. The second kappa shape index (κ2) is 4.66. The van der Waals surface area contributed by atoms with Crippen molar-refractivity contribution in [1.29, 1.82) is 0 Å². The van der Waals surface area contributed by atoms with Crippen LogP contribution in [0.15, 0.2) is 22.7 Å². The summed E-state index contributed by atoms with van der Waals surface area (Å²) in [5.41, 5.74) is 1.97. The summed E-state index contributed by atoms with van der Waals surface area (Å²) in [6, 6.07) is 6.83. The number of methoxy groups -OCH3 is 1. The van der Waals surface area contributed by atoms with Gasteiger partial charge in [-0.05, 0) is 64.1 Å². The van der Waals surface area contributed by atoms with Gasteiger partial charge in [-0.15, -0.1) is 0 Å². The number of halogens is 1. The van der Waals surface area contributed by atoms with Gasteiger partial charge in [0.1, 0.15) is 5.75 Å². The molecule has 0 spiro atoms. The third-order valence-corrected chi connectivity index (χ3v) is 6.39. The molecule has 0 radical (unpaired) electrons. The van der Waals surface area contributed by atoms with Gasteiger partial charge in [0, 0.05) is 17.8 Å². The molecular weight excluding hydrogens is 314 g/mol. The Kier molecular flexibility index (Phi) is 3.32. The summed E-state index contributed by atoms with van der Waals surface area (Å²) in [5.74, 6) is 1.75. The molecule has 2 aliphatic rings. The lowest BCUT2D eigenvalue weighted by atomic mass is 9.68. The van der Waals surface area contributed by atoms with Crippen LogP contribution in [-0.2, 0) is 0 Å². The Bertz CT molecular complexity index is 523. The maximum atomic E-state index is 5.40. The SMILES string of the molecule is COc1cc(NC2C3(C)CCC(C3)C2(C)C)ccc1Br. The van der Waals surface area contributed by atoms with E-state index in [2.05, 4.69) is 60.2 Å². The van der Waals surface area contributed by atoms with Gasteiger partial charge in [0.15, 0.2) is 0 Å². The van der Waals surface area contributed by atoms with Gasteiger partial charge in [0.25, 0.3) is 0 Å². The number of hydrogen-bond donors (Lipinski definition) is 1. The number of fused-ring (bicyclic) bond motifs is 2. The first-order valence-corrected chi connectivity index (χ1v) is 8.26. The summed E-state index contributed by atoms with van der Waals surface area (Å²) >= 11 is 3.52. The Morgan fingerprint density at radius 1 is 1.30 bits per heavy atom. The first-order chi connectivity index (χ1) is 9.37. The predicted molar refractivity (Wildman–Crippen MR) is 87.3 cm³/mol. The fourth-order valence-electron chi connectivity index (χ4n) is 4.58. The van der Waals surface area contributed by atoms with E-state index >= 15 is 0 Å². The van der Waals surface area contributed by atoms with Crippen LogP contribution in [0.2, 0.25) is 0 Å². The molecule has 2 aliphatic carbocycles. The van der Waals surface area contributed by atoms with E-state index < -0.39 is 0 Å². The van der Waals surface area contributed by atoms with E-state index in [4.69, 9.17) is 4.74 Å². The summed E-state index contributed by atoms with van der Waals surface area (Å²) < 4.78 is 6.41. The van der Waals surface area contributed by atoms with Crippen molar-refractivity contribution in [3.05, 3.63) is 22.7 Å². The highest BCUT2D eigenvalue weighted by atomic mass is 79.9. The molecule has 2 fully saturated rings. The average Bonchev–Trinajstić information content (AvgIpc) is 2.87. The third kappa shape index (κ3) is 2.05. The van der Waals surface area contributed by atoms with Crippen LogP contribution in [-0.4, -0.2) is 13.2 Å². The van der Waals surface area contributed by atoms with Crippen LogP contribution in [0.3, 0.4) is 0 Å². The maximum absolute atomic E-state index is 5.40. The molecule has 3 unspecified atom stereocenters. The molecule has 0 saturated heterocycles. The minimum Gasteiger partial charge on any atom is -0.495 e. The van der Waals surface area contributed by atoms with E-state index in [-0.39, 0.29) is 0 Å². The molecule has 1 aromatic carbocycles. The molecule has 0 heterocycles. The smallest absolute Gasteiger partial charge is 0.135 e. The van der Waals surface area contributed by atoms with Crippen molar-refractivity contribution >= 4 is 21.6 Å². The zero-order valence-corrected chi connectivity index (χ0v) is 14.4. The standard InChI is InChI=1S/C17H24BrNO/c1-16(2)11-7-8-17(3,10-11)15(16)19-12-5-6-13(18)14(9-12)20-4/h5-6,9,11,15,19H,7-8,10H2,1-4H3. The number of anilines is 1. The second-order valence-corrected chi connectivity index (χ2v) is 8.20. The van der Waals surface area contributed by atoms with Gasteiger partial charge in [-0.3, -0.25) is 0 Å². The molecule has 0 aliphatic heterocycles. The fraction of sp³-hybridized carbons (Fsp3) is 0.647. The monoisotopic (exact) mass is 337 g/mol. The lowest BCUT2D eigenvalue weighted by Crippen LogP contribution is -2.45. The molecule has 3 atom stereocenters. The Morgan fingerprint density at radius 3 is 2.65 bits per heavy atom. The Balaban J connectivity index is 1.87. The first kappa shape index (κ1) is 14.2. The minimum atomic E-state index is 0.368. The quantitative estimate of drug-likeness (QED) is 0.829. The van der Waals surface area contributed by atoms with E-state index in [9.17, 15) is 0 Å². The molecule has 1 N–H and O–H groups in total. The minimum absolute atomic E-state index is 0.368. The largest absolute Gasteiger partial charge is 0.495 e. The van der Waals surface area contributed by atoms with Crippen LogP contribution in [0.1, 0.15) is 40.0 Å². The van der Waals surface area contributed by atoms with Gasteiger partial charge in [-0.25, -0.2) is 0 Å². The number of hydrogen-bond acceptors (Lipinski definition) is 2. The van der Waals surface area contributed by atoms with E-state index in [1.807, 2.05) is 0 Å². The van der Waals surface area contributed by atoms with E-state index in [0.717, 1.165) is 21.8 Å². The molecule has 3 heteroatoms. The highest BCUT2D eigenvalue weighted by molar-refractivity contribution is 9.10. The molecule has 3 rings (SSSR count).